The van der Waals surface area contributed by atoms with Gasteiger partial charge in [-0.15, -0.1) is 22.7 Å². The van der Waals surface area contributed by atoms with E-state index in [1.807, 2.05) is 10.8 Å². The molecule has 0 aromatic carbocycles. The third-order valence-electron chi connectivity index (χ3n) is 2.30. The molecule has 0 aliphatic rings. The highest BCUT2D eigenvalue weighted by Gasteiger charge is 2.17. The summed E-state index contributed by atoms with van der Waals surface area (Å²) in [7, 11) is 0. The zero-order valence-corrected chi connectivity index (χ0v) is 10.1. The molecule has 0 fully saturated rings. The third kappa shape index (κ3) is 1.71. The van der Waals surface area contributed by atoms with Crippen LogP contribution in [-0.4, -0.2) is 15.8 Å². The first-order valence-electron chi connectivity index (χ1n) is 4.81. The summed E-state index contributed by atoms with van der Waals surface area (Å²) in [5.74, 6) is -0.196. The molecule has 0 bridgehead atoms. The number of aromatic nitrogens is 2. The van der Waals surface area contributed by atoms with E-state index >= 15 is 0 Å². The van der Waals surface area contributed by atoms with Gasteiger partial charge in [-0.05, 0) is 22.9 Å². The van der Waals surface area contributed by atoms with Crippen LogP contribution < -0.4 is 5.69 Å². The number of rotatable bonds is 2. The van der Waals surface area contributed by atoms with E-state index in [-0.39, 0.29) is 11.5 Å². The molecule has 0 radical (unpaired) electrons. The van der Waals surface area contributed by atoms with Crippen molar-refractivity contribution in [1.82, 2.24) is 9.97 Å². The number of H-pyrrole nitrogens is 1. The SMILES string of the molecule is O=C(c1cccs1)c1nc(=O)[nH]c2ccsc12. The quantitative estimate of drug-likeness (QED) is 0.721. The number of nitrogens with one attached hydrogen (secondary N) is 1. The van der Waals surface area contributed by atoms with E-state index in [1.165, 1.54) is 22.7 Å². The van der Waals surface area contributed by atoms with Crippen LogP contribution in [0.15, 0.2) is 33.8 Å². The molecule has 0 atom stereocenters. The molecule has 3 aromatic heterocycles. The van der Waals surface area contributed by atoms with Gasteiger partial charge in [-0.3, -0.25) is 4.79 Å². The van der Waals surface area contributed by atoms with Crippen LogP contribution in [0.4, 0.5) is 0 Å². The Kier molecular flexibility index (Phi) is 2.38. The molecule has 0 spiro atoms. The Morgan fingerprint density at radius 1 is 1.24 bits per heavy atom. The topological polar surface area (TPSA) is 62.8 Å². The second-order valence-electron chi connectivity index (χ2n) is 3.36. The van der Waals surface area contributed by atoms with Gasteiger partial charge >= 0.3 is 5.69 Å². The lowest BCUT2D eigenvalue weighted by atomic mass is 10.2. The summed E-state index contributed by atoms with van der Waals surface area (Å²) in [6, 6.07) is 5.31. The molecule has 0 unspecified atom stereocenters. The van der Waals surface area contributed by atoms with Gasteiger partial charge < -0.3 is 4.98 Å². The van der Waals surface area contributed by atoms with Crippen LogP contribution in [-0.2, 0) is 0 Å². The minimum absolute atomic E-state index is 0.196. The number of hydrogen-bond donors (Lipinski definition) is 1. The lowest BCUT2D eigenvalue weighted by Crippen LogP contribution is -2.15. The third-order valence-corrected chi connectivity index (χ3v) is 4.09. The van der Waals surface area contributed by atoms with Gasteiger partial charge in [-0.1, -0.05) is 6.07 Å². The Morgan fingerprint density at radius 2 is 2.12 bits per heavy atom. The zero-order chi connectivity index (χ0) is 11.8. The van der Waals surface area contributed by atoms with Crippen molar-refractivity contribution in [2.75, 3.05) is 0 Å². The van der Waals surface area contributed by atoms with Crippen molar-refractivity contribution in [2.45, 2.75) is 0 Å². The maximum Gasteiger partial charge on any atom is 0.346 e. The van der Waals surface area contributed by atoms with Crippen molar-refractivity contribution in [2.24, 2.45) is 0 Å². The first kappa shape index (κ1) is 10.4. The molecule has 17 heavy (non-hydrogen) atoms. The van der Waals surface area contributed by atoms with Crippen molar-refractivity contribution in [1.29, 1.82) is 0 Å². The molecule has 0 saturated carbocycles. The minimum atomic E-state index is -0.490. The molecule has 6 heteroatoms. The molecular weight excluding hydrogens is 256 g/mol. The monoisotopic (exact) mass is 262 g/mol. The van der Waals surface area contributed by atoms with Crippen LogP contribution in [0.25, 0.3) is 10.2 Å². The second-order valence-corrected chi connectivity index (χ2v) is 5.22. The first-order chi connectivity index (χ1) is 8.25. The van der Waals surface area contributed by atoms with Crippen molar-refractivity contribution < 1.29 is 4.79 Å². The molecular formula is C11H6N2O2S2. The van der Waals surface area contributed by atoms with Crippen LogP contribution in [0.3, 0.4) is 0 Å². The summed E-state index contributed by atoms with van der Waals surface area (Å²) in [5.41, 5.74) is 0.409. The second kappa shape index (κ2) is 3.90. The van der Waals surface area contributed by atoms with Crippen LogP contribution >= 0.6 is 22.7 Å². The molecule has 84 valence electrons. The fourth-order valence-corrected chi connectivity index (χ4v) is 3.07. The molecule has 0 aliphatic heterocycles. The Labute approximate surface area is 104 Å². The predicted molar refractivity (Wildman–Crippen MR) is 68.0 cm³/mol. The summed E-state index contributed by atoms with van der Waals surface area (Å²) in [4.78, 5) is 30.5. The predicted octanol–water partition coefficient (Wildman–Crippen LogP) is 2.28. The first-order valence-corrected chi connectivity index (χ1v) is 6.57. The zero-order valence-electron chi connectivity index (χ0n) is 8.47. The van der Waals surface area contributed by atoms with E-state index in [1.54, 1.807) is 18.2 Å². The van der Waals surface area contributed by atoms with Gasteiger partial charge in [-0.2, -0.15) is 4.98 Å². The number of carbonyl (C=O) groups is 1. The van der Waals surface area contributed by atoms with Crippen molar-refractivity contribution in [3.63, 3.8) is 0 Å². The maximum atomic E-state index is 12.2. The Bertz CT molecular complexity index is 740. The number of ketones is 1. The molecule has 0 amide bonds. The van der Waals surface area contributed by atoms with E-state index in [2.05, 4.69) is 9.97 Å². The summed E-state index contributed by atoms with van der Waals surface area (Å²) < 4.78 is 0.725. The molecule has 1 N–H and O–H groups in total. The van der Waals surface area contributed by atoms with Crippen LogP contribution in [0.2, 0.25) is 0 Å². The number of fused-ring (bicyclic) bond motifs is 1. The largest absolute Gasteiger partial charge is 0.346 e. The van der Waals surface area contributed by atoms with E-state index in [4.69, 9.17) is 0 Å². The highest BCUT2D eigenvalue weighted by molar-refractivity contribution is 7.17. The fraction of sp³-hybridized carbons (Fsp3) is 0. The van der Waals surface area contributed by atoms with Crippen LogP contribution in [0.5, 0.6) is 0 Å². The summed E-state index contributed by atoms with van der Waals surface area (Å²) >= 11 is 2.75. The Morgan fingerprint density at radius 3 is 2.88 bits per heavy atom. The van der Waals surface area contributed by atoms with Gasteiger partial charge in [0.2, 0.25) is 5.78 Å². The Balaban J connectivity index is 2.26. The van der Waals surface area contributed by atoms with Gasteiger partial charge in [-0.25, -0.2) is 4.79 Å². The standard InChI is InChI=1S/C11H6N2O2S2/c14-9(7-2-1-4-16-7)8-10-6(3-5-17-10)12-11(15)13-8/h1-5H,(H,12,13,15). The number of hydrogen-bond acceptors (Lipinski definition) is 5. The highest BCUT2D eigenvalue weighted by atomic mass is 32.1. The van der Waals surface area contributed by atoms with E-state index in [9.17, 15) is 9.59 Å². The summed E-state index contributed by atoms with van der Waals surface area (Å²) in [5, 5.41) is 3.65. The van der Waals surface area contributed by atoms with Gasteiger partial charge in [0.25, 0.3) is 0 Å². The minimum Gasteiger partial charge on any atom is -0.305 e. The molecule has 4 nitrogen and oxygen atoms in total. The summed E-state index contributed by atoms with van der Waals surface area (Å²) in [6.45, 7) is 0. The normalized spacial score (nSPS) is 10.8. The van der Waals surface area contributed by atoms with E-state index in [0.29, 0.717) is 10.4 Å². The number of carbonyl (C=O) groups excluding carboxylic acids is 1. The van der Waals surface area contributed by atoms with Crippen LogP contribution in [0, 0.1) is 0 Å². The average molecular weight is 262 g/mol. The molecule has 0 aliphatic carbocycles. The molecule has 3 rings (SSSR count). The smallest absolute Gasteiger partial charge is 0.305 e. The van der Waals surface area contributed by atoms with Gasteiger partial charge in [0.1, 0.15) is 5.69 Å². The van der Waals surface area contributed by atoms with Crippen molar-refractivity contribution in [3.8, 4) is 0 Å². The number of nitrogens with zero attached hydrogens (tertiary/aromatic N) is 1. The van der Waals surface area contributed by atoms with Gasteiger partial charge in [0.05, 0.1) is 15.1 Å². The molecule has 0 saturated heterocycles. The molecule has 3 aromatic rings. The maximum absolute atomic E-state index is 12.2. The van der Waals surface area contributed by atoms with E-state index < -0.39 is 5.69 Å². The van der Waals surface area contributed by atoms with Crippen LogP contribution in [0.1, 0.15) is 15.4 Å². The molecule has 3 heterocycles. The lowest BCUT2D eigenvalue weighted by molar-refractivity contribution is 0.103. The number of aromatic amines is 1. The fourth-order valence-electron chi connectivity index (χ4n) is 1.56. The van der Waals surface area contributed by atoms with Gasteiger partial charge in [0.15, 0.2) is 0 Å². The van der Waals surface area contributed by atoms with Crippen molar-refractivity contribution in [3.05, 3.63) is 50.0 Å². The van der Waals surface area contributed by atoms with Crippen molar-refractivity contribution >= 4 is 38.7 Å². The van der Waals surface area contributed by atoms with E-state index in [0.717, 1.165) is 4.70 Å². The summed E-state index contributed by atoms with van der Waals surface area (Å²) in [6.07, 6.45) is 0. The lowest BCUT2D eigenvalue weighted by Gasteiger charge is -1.98. The number of thiophene rings is 2. The highest BCUT2D eigenvalue weighted by Crippen LogP contribution is 2.23. The Hall–Kier alpha value is -1.79. The average Bonchev–Trinajstić information content (AvgIpc) is 2.97. The van der Waals surface area contributed by atoms with Gasteiger partial charge in [0, 0.05) is 0 Å².